The average molecular weight is 494 g/mol. The summed E-state index contributed by atoms with van der Waals surface area (Å²) in [5.41, 5.74) is 5.55. The number of aromatic amines is 1. The number of hydrogen-bond donors (Lipinski definition) is 5. The second-order valence-electron chi connectivity index (χ2n) is 8.84. The molecule has 1 heterocycles. The van der Waals surface area contributed by atoms with Crippen molar-refractivity contribution in [3.8, 4) is 11.1 Å². The molecule has 1 aromatic heterocycles. The molecule has 2 amide bonds. The zero-order valence-electron chi connectivity index (χ0n) is 20.3. The molecule has 1 unspecified atom stereocenters. The molecule has 0 radical (unpaired) electrons. The first-order chi connectivity index (χ1) is 17.2. The van der Waals surface area contributed by atoms with E-state index in [1.807, 2.05) is 68.4 Å². The lowest BCUT2D eigenvalue weighted by Crippen LogP contribution is -2.47. The summed E-state index contributed by atoms with van der Waals surface area (Å²) in [5, 5.41) is 29.5. The molecule has 190 valence electrons. The first-order valence-electron chi connectivity index (χ1n) is 11.7. The van der Waals surface area contributed by atoms with E-state index in [0.717, 1.165) is 23.1 Å². The molecular formula is C26H31N5O5. The number of carbonyl (C=O) groups excluding carboxylic acids is 2. The molecule has 0 bridgehead atoms. The second kappa shape index (κ2) is 12.6. The smallest absolute Gasteiger partial charge is 0.333 e. The summed E-state index contributed by atoms with van der Waals surface area (Å²) in [4.78, 5) is 36.2. The summed E-state index contributed by atoms with van der Waals surface area (Å²) in [6, 6.07) is 18.7. The largest absolute Gasteiger partial charge is 0.479 e. The predicted octanol–water partition coefficient (Wildman–Crippen LogP) is 2.45. The van der Waals surface area contributed by atoms with Crippen molar-refractivity contribution < 1.29 is 24.6 Å². The molecule has 2 aromatic carbocycles. The lowest BCUT2D eigenvalue weighted by molar-refractivity contribution is -0.148. The van der Waals surface area contributed by atoms with Crippen LogP contribution in [0.4, 0.5) is 0 Å². The normalized spacial score (nSPS) is 11.9. The number of H-pyrrole nitrogens is 1. The minimum absolute atomic E-state index is 0.0262. The maximum atomic E-state index is 12.8. The third-order valence-electron chi connectivity index (χ3n) is 5.43. The first-order valence-corrected chi connectivity index (χ1v) is 11.7. The quantitative estimate of drug-likeness (QED) is 0.243. The molecule has 5 N–H and O–H groups in total. The number of amides is 2. The molecule has 1 atom stereocenters. The topological polar surface area (TPSA) is 148 Å². The Hall–Kier alpha value is -4.02. The summed E-state index contributed by atoms with van der Waals surface area (Å²) in [6.07, 6.45) is -0.894. The van der Waals surface area contributed by atoms with Crippen LogP contribution in [0.25, 0.3) is 11.1 Å². The Bertz CT molecular complexity index is 1160. The maximum absolute atomic E-state index is 12.8. The number of nitrogens with zero attached hydrogens (tertiary/aromatic N) is 2. The van der Waals surface area contributed by atoms with Gasteiger partial charge in [0, 0.05) is 19.2 Å². The van der Waals surface area contributed by atoms with Crippen molar-refractivity contribution in [2.24, 2.45) is 5.92 Å². The highest BCUT2D eigenvalue weighted by Crippen LogP contribution is 2.19. The van der Waals surface area contributed by atoms with E-state index >= 15 is 0 Å². The van der Waals surface area contributed by atoms with E-state index < -0.39 is 23.9 Å². The van der Waals surface area contributed by atoms with E-state index in [1.54, 1.807) is 0 Å². The molecule has 0 saturated carbocycles. The number of benzene rings is 2. The highest BCUT2D eigenvalue weighted by molar-refractivity contribution is 5.97. The minimum Gasteiger partial charge on any atom is -0.479 e. The number of nitrogens with one attached hydrogen (secondary N) is 3. The predicted molar refractivity (Wildman–Crippen MR) is 134 cm³/mol. The van der Waals surface area contributed by atoms with Gasteiger partial charge >= 0.3 is 5.97 Å². The van der Waals surface area contributed by atoms with Crippen molar-refractivity contribution in [1.82, 2.24) is 25.9 Å². The van der Waals surface area contributed by atoms with Gasteiger partial charge in [0.25, 0.3) is 11.8 Å². The first kappa shape index (κ1) is 26.6. The Morgan fingerprint density at radius 2 is 1.67 bits per heavy atom. The van der Waals surface area contributed by atoms with Crippen LogP contribution in [-0.2, 0) is 11.3 Å². The van der Waals surface area contributed by atoms with Crippen LogP contribution in [0.15, 0.2) is 60.7 Å². The lowest BCUT2D eigenvalue weighted by atomic mass is 10.0. The molecule has 36 heavy (non-hydrogen) atoms. The van der Waals surface area contributed by atoms with E-state index in [2.05, 4.69) is 20.9 Å². The van der Waals surface area contributed by atoms with Crippen LogP contribution in [-0.4, -0.2) is 62.4 Å². The molecule has 0 aliphatic carbocycles. The second-order valence-corrected chi connectivity index (χ2v) is 8.84. The van der Waals surface area contributed by atoms with Crippen molar-refractivity contribution in [2.45, 2.75) is 32.9 Å². The molecule has 0 saturated heterocycles. The van der Waals surface area contributed by atoms with Crippen LogP contribution in [0.3, 0.4) is 0 Å². The average Bonchev–Trinajstić information content (AvgIpc) is 3.35. The van der Waals surface area contributed by atoms with Crippen LogP contribution in [0.1, 0.15) is 46.8 Å². The number of aliphatic hydroxyl groups excluding tert-OH is 1. The van der Waals surface area contributed by atoms with E-state index in [1.165, 1.54) is 11.1 Å². The molecule has 3 rings (SSSR count). The summed E-state index contributed by atoms with van der Waals surface area (Å²) in [7, 11) is 0. The standard InChI is InChI=1S/C26H31N5O5/c1-17(2)12-13-27-24(33)21-14-22(29-28-21)25(34)30-31(16-23(32)26(35)36)15-18-8-10-20(11-9-18)19-6-4-3-5-7-19/h3-11,14,17,23,32H,12-13,15-16H2,1-2H3,(H,27,33)(H,28,29)(H,30,34)(H,35,36). The van der Waals surface area contributed by atoms with Gasteiger partial charge in [-0.3, -0.25) is 20.1 Å². The Balaban J connectivity index is 1.67. The molecular weight excluding hydrogens is 462 g/mol. The van der Waals surface area contributed by atoms with Crippen LogP contribution in [0.2, 0.25) is 0 Å². The molecule has 0 aliphatic rings. The van der Waals surface area contributed by atoms with Crippen LogP contribution in [0.5, 0.6) is 0 Å². The van der Waals surface area contributed by atoms with E-state index in [0.29, 0.717) is 12.5 Å². The van der Waals surface area contributed by atoms with Gasteiger partial charge in [-0.2, -0.15) is 5.10 Å². The third kappa shape index (κ3) is 7.76. The number of carboxylic acid groups (broad SMARTS) is 1. The van der Waals surface area contributed by atoms with Gasteiger partial charge in [0.05, 0.1) is 6.54 Å². The maximum Gasteiger partial charge on any atom is 0.333 e. The van der Waals surface area contributed by atoms with Gasteiger partial charge in [-0.15, -0.1) is 0 Å². The van der Waals surface area contributed by atoms with Gasteiger partial charge in [0.15, 0.2) is 11.8 Å². The number of aliphatic carboxylic acids is 1. The third-order valence-corrected chi connectivity index (χ3v) is 5.43. The number of aliphatic hydroxyl groups is 1. The van der Waals surface area contributed by atoms with E-state index in [9.17, 15) is 19.5 Å². The van der Waals surface area contributed by atoms with Crippen molar-refractivity contribution in [2.75, 3.05) is 13.1 Å². The molecule has 3 aromatic rings. The molecule has 10 nitrogen and oxygen atoms in total. The zero-order chi connectivity index (χ0) is 26.1. The SMILES string of the molecule is CC(C)CCNC(=O)c1cc(C(=O)NN(Cc2ccc(-c3ccccc3)cc2)CC(O)C(=O)O)[nH]n1. The van der Waals surface area contributed by atoms with E-state index in [-0.39, 0.29) is 24.5 Å². The Labute approximate surface area is 209 Å². The fourth-order valence-corrected chi connectivity index (χ4v) is 3.41. The fraction of sp³-hybridized carbons (Fsp3) is 0.308. The Morgan fingerprint density at radius 1 is 1.00 bits per heavy atom. The minimum atomic E-state index is -1.71. The lowest BCUT2D eigenvalue weighted by Gasteiger charge is -2.24. The van der Waals surface area contributed by atoms with Gasteiger partial charge in [0.1, 0.15) is 5.69 Å². The fourth-order valence-electron chi connectivity index (χ4n) is 3.41. The molecule has 10 heteroatoms. The van der Waals surface area contributed by atoms with Crippen LogP contribution < -0.4 is 10.7 Å². The van der Waals surface area contributed by atoms with Gasteiger partial charge in [-0.25, -0.2) is 9.80 Å². The number of rotatable bonds is 12. The summed E-state index contributed by atoms with van der Waals surface area (Å²) in [5.74, 6) is -1.99. The van der Waals surface area contributed by atoms with Gasteiger partial charge < -0.3 is 15.5 Å². The van der Waals surface area contributed by atoms with Crippen LogP contribution in [0, 0.1) is 5.92 Å². The Kier molecular flexibility index (Phi) is 9.32. The van der Waals surface area contributed by atoms with Gasteiger partial charge in [0.2, 0.25) is 0 Å². The van der Waals surface area contributed by atoms with Crippen molar-refractivity contribution in [3.05, 3.63) is 77.6 Å². The highest BCUT2D eigenvalue weighted by Gasteiger charge is 2.22. The number of hydrogen-bond acceptors (Lipinski definition) is 6. The summed E-state index contributed by atoms with van der Waals surface area (Å²) < 4.78 is 0. The number of carbonyl (C=O) groups is 3. The number of hydrazine groups is 1. The van der Waals surface area contributed by atoms with Gasteiger partial charge in [-0.05, 0) is 29.0 Å². The summed E-state index contributed by atoms with van der Waals surface area (Å²) in [6.45, 7) is 4.39. The number of aromatic nitrogens is 2. The molecule has 0 spiro atoms. The van der Waals surface area contributed by atoms with Crippen molar-refractivity contribution in [1.29, 1.82) is 0 Å². The zero-order valence-corrected chi connectivity index (χ0v) is 20.3. The molecule has 0 aliphatic heterocycles. The Morgan fingerprint density at radius 3 is 2.31 bits per heavy atom. The molecule has 0 fully saturated rings. The van der Waals surface area contributed by atoms with Crippen molar-refractivity contribution in [3.63, 3.8) is 0 Å². The monoisotopic (exact) mass is 493 g/mol. The van der Waals surface area contributed by atoms with Gasteiger partial charge in [-0.1, -0.05) is 68.4 Å². The van der Waals surface area contributed by atoms with Crippen LogP contribution >= 0.6 is 0 Å². The number of carboxylic acids is 1. The highest BCUT2D eigenvalue weighted by atomic mass is 16.4. The van der Waals surface area contributed by atoms with E-state index in [4.69, 9.17) is 5.11 Å². The summed E-state index contributed by atoms with van der Waals surface area (Å²) >= 11 is 0. The van der Waals surface area contributed by atoms with Crippen molar-refractivity contribution >= 4 is 17.8 Å².